The van der Waals surface area contributed by atoms with Crippen LogP contribution in [0.3, 0.4) is 0 Å². The van der Waals surface area contributed by atoms with Crippen LogP contribution in [-0.4, -0.2) is 22.3 Å². The van der Waals surface area contributed by atoms with Gasteiger partial charge >= 0.3 is 5.97 Å². The molecule has 144 valence electrons. The van der Waals surface area contributed by atoms with E-state index in [2.05, 4.69) is 6.92 Å². The standard InChI is InChI=1S/C21H42O3/c1-2-3-4-11-14-17-20(22)18-15-12-9-7-5-6-8-10-13-16-19-21(23)24/h20,22H,2-19H2,1H3,(H,23,24)/t20-/m0/s1. The third-order valence-electron chi connectivity index (χ3n) is 4.82. The molecule has 0 saturated carbocycles. The van der Waals surface area contributed by atoms with Crippen LogP contribution in [0.15, 0.2) is 0 Å². The lowest BCUT2D eigenvalue weighted by Crippen LogP contribution is -2.05. The Bertz CT molecular complexity index is 266. The van der Waals surface area contributed by atoms with Crippen LogP contribution >= 0.6 is 0 Å². The molecule has 0 aliphatic rings. The van der Waals surface area contributed by atoms with Gasteiger partial charge in [-0.15, -0.1) is 0 Å². The van der Waals surface area contributed by atoms with Gasteiger partial charge in [0, 0.05) is 6.42 Å². The third-order valence-corrected chi connectivity index (χ3v) is 4.82. The number of hydrogen-bond donors (Lipinski definition) is 2. The van der Waals surface area contributed by atoms with Gasteiger partial charge < -0.3 is 10.2 Å². The Morgan fingerprint density at radius 3 is 1.46 bits per heavy atom. The topological polar surface area (TPSA) is 57.5 Å². The molecule has 0 rings (SSSR count). The predicted octanol–water partition coefficient (Wildman–Crippen LogP) is 6.47. The van der Waals surface area contributed by atoms with E-state index in [9.17, 15) is 9.90 Å². The Hall–Kier alpha value is -0.570. The molecule has 0 aliphatic carbocycles. The van der Waals surface area contributed by atoms with Gasteiger partial charge in [-0.25, -0.2) is 0 Å². The minimum atomic E-state index is -0.670. The lowest BCUT2D eigenvalue weighted by Gasteiger charge is -2.10. The summed E-state index contributed by atoms with van der Waals surface area (Å²) in [6.45, 7) is 2.23. The maximum absolute atomic E-state index is 10.4. The van der Waals surface area contributed by atoms with Crippen LogP contribution in [0.25, 0.3) is 0 Å². The summed E-state index contributed by atoms with van der Waals surface area (Å²) in [6.07, 6.45) is 20.6. The highest BCUT2D eigenvalue weighted by Gasteiger charge is 2.03. The Balaban J connectivity index is 3.12. The number of hydrogen-bond acceptors (Lipinski definition) is 2. The van der Waals surface area contributed by atoms with Crippen molar-refractivity contribution in [1.82, 2.24) is 0 Å². The summed E-state index contributed by atoms with van der Waals surface area (Å²) < 4.78 is 0. The normalized spacial score (nSPS) is 12.4. The molecule has 0 bridgehead atoms. The highest BCUT2D eigenvalue weighted by Crippen LogP contribution is 2.15. The Morgan fingerprint density at radius 2 is 1.04 bits per heavy atom. The van der Waals surface area contributed by atoms with E-state index in [1.165, 1.54) is 83.5 Å². The molecule has 0 heterocycles. The maximum Gasteiger partial charge on any atom is 0.303 e. The number of carboxylic acid groups (broad SMARTS) is 1. The van der Waals surface area contributed by atoms with Gasteiger partial charge in [0.15, 0.2) is 0 Å². The van der Waals surface area contributed by atoms with E-state index >= 15 is 0 Å². The van der Waals surface area contributed by atoms with Crippen LogP contribution in [0, 0.1) is 0 Å². The van der Waals surface area contributed by atoms with Crippen molar-refractivity contribution >= 4 is 5.97 Å². The Morgan fingerprint density at radius 1 is 0.667 bits per heavy atom. The zero-order valence-corrected chi connectivity index (χ0v) is 16.1. The number of aliphatic hydroxyl groups excluding tert-OH is 1. The van der Waals surface area contributed by atoms with E-state index in [0.29, 0.717) is 6.42 Å². The summed E-state index contributed by atoms with van der Waals surface area (Å²) in [5.74, 6) is -0.670. The Kier molecular flexibility index (Phi) is 18.3. The molecule has 3 nitrogen and oxygen atoms in total. The first-order chi connectivity index (χ1) is 11.7. The van der Waals surface area contributed by atoms with Gasteiger partial charge in [-0.05, 0) is 19.3 Å². The van der Waals surface area contributed by atoms with Crippen molar-refractivity contribution in [2.24, 2.45) is 0 Å². The SMILES string of the molecule is CCCCCCC[C@H](O)CCCCCCCCCCCCC(=O)O. The number of aliphatic hydroxyl groups is 1. The second-order valence-electron chi connectivity index (χ2n) is 7.32. The fraction of sp³-hybridized carbons (Fsp3) is 0.952. The van der Waals surface area contributed by atoms with E-state index in [1.807, 2.05) is 0 Å². The smallest absolute Gasteiger partial charge is 0.303 e. The summed E-state index contributed by atoms with van der Waals surface area (Å²) >= 11 is 0. The highest BCUT2D eigenvalue weighted by molar-refractivity contribution is 5.66. The van der Waals surface area contributed by atoms with Crippen LogP contribution in [0.4, 0.5) is 0 Å². The maximum atomic E-state index is 10.4. The lowest BCUT2D eigenvalue weighted by atomic mass is 10.0. The van der Waals surface area contributed by atoms with E-state index < -0.39 is 5.97 Å². The van der Waals surface area contributed by atoms with Gasteiger partial charge in [0.1, 0.15) is 0 Å². The number of carboxylic acids is 1. The average Bonchev–Trinajstić information content (AvgIpc) is 2.55. The fourth-order valence-electron chi connectivity index (χ4n) is 3.20. The summed E-state index contributed by atoms with van der Waals surface area (Å²) in [5.41, 5.74) is 0. The van der Waals surface area contributed by atoms with E-state index in [0.717, 1.165) is 25.7 Å². The molecule has 0 unspecified atom stereocenters. The van der Waals surface area contributed by atoms with Gasteiger partial charge in [0.2, 0.25) is 0 Å². The fourth-order valence-corrected chi connectivity index (χ4v) is 3.20. The van der Waals surface area contributed by atoms with E-state index in [1.54, 1.807) is 0 Å². The third kappa shape index (κ3) is 19.5. The number of rotatable bonds is 19. The lowest BCUT2D eigenvalue weighted by molar-refractivity contribution is -0.137. The number of unbranched alkanes of at least 4 members (excludes halogenated alkanes) is 13. The molecule has 3 heteroatoms. The van der Waals surface area contributed by atoms with Gasteiger partial charge in [-0.3, -0.25) is 4.79 Å². The summed E-state index contributed by atoms with van der Waals surface area (Å²) in [4.78, 5) is 10.4. The van der Waals surface area contributed by atoms with Crippen molar-refractivity contribution in [3.63, 3.8) is 0 Å². The van der Waals surface area contributed by atoms with E-state index in [-0.39, 0.29) is 6.10 Å². The summed E-state index contributed by atoms with van der Waals surface area (Å²) in [6, 6.07) is 0. The summed E-state index contributed by atoms with van der Waals surface area (Å²) in [5, 5.41) is 18.5. The summed E-state index contributed by atoms with van der Waals surface area (Å²) in [7, 11) is 0. The first-order valence-corrected chi connectivity index (χ1v) is 10.6. The quantitative estimate of drug-likeness (QED) is 0.264. The molecule has 0 aliphatic heterocycles. The Labute approximate surface area is 150 Å². The van der Waals surface area contributed by atoms with Gasteiger partial charge in [-0.2, -0.15) is 0 Å². The molecule has 0 aromatic rings. The monoisotopic (exact) mass is 342 g/mol. The van der Waals surface area contributed by atoms with Crippen molar-refractivity contribution < 1.29 is 15.0 Å². The van der Waals surface area contributed by atoms with Crippen LogP contribution in [-0.2, 0) is 4.79 Å². The molecule has 0 amide bonds. The van der Waals surface area contributed by atoms with Crippen molar-refractivity contribution in [2.45, 2.75) is 129 Å². The molecule has 0 fully saturated rings. The van der Waals surface area contributed by atoms with E-state index in [4.69, 9.17) is 5.11 Å². The zero-order chi connectivity index (χ0) is 17.9. The molecule has 0 saturated heterocycles. The molecule has 0 aromatic heterocycles. The van der Waals surface area contributed by atoms with Crippen molar-refractivity contribution in [2.75, 3.05) is 0 Å². The predicted molar refractivity (Wildman–Crippen MR) is 102 cm³/mol. The van der Waals surface area contributed by atoms with Crippen LogP contribution in [0.5, 0.6) is 0 Å². The van der Waals surface area contributed by atoms with Crippen molar-refractivity contribution in [1.29, 1.82) is 0 Å². The molecular formula is C21H42O3. The van der Waals surface area contributed by atoms with Gasteiger partial charge in [0.05, 0.1) is 6.10 Å². The van der Waals surface area contributed by atoms with Crippen molar-refractivity contribution in [3.05, 3.63) is 0 Å². The largest absolute Gasteiger partial charge is 0.481 e. The van der Waals surface area contributed by atoms with Gasteiger partial charge in [-0.1, -0.05) is 96.8 Å². The van der Waals surface area contributed by atoms with Crippen LogP contribution in [0.2, 0.25) is 0 Å². The average molecular weight is 343 g/mol. The first kappa shape index (κ1) is 23.4. The zero-order valence-electron chi connectivity index (χ0n) is 16.1. The van der Waals surface area contributed by atoms with Crippen LogP contribution < -0.4 is 0 Å². The first-order valence-electron chi connectivity index (χ1n) is 10.6. The molecule has 1 atom stereocenters. The number of aliphatic carboxylic acids is 1. The molecule has 24 heavy (non-hydrogen) atoms. The molecule has 2 N–H and O–H groups in total. The minimum absolute atomic E-state index is 0.0718. The molecule has 0 radical (unpaired) electrons. The van der Waals surface area contributed by atoms with Crippen LogP contribution in [0.1, 0.15) is 122 Å². The number of carbonyl (C=O) groups is 1. The van der Waals surface area contributed by atoms with Crippen molar-refractivity contribution in [3.8, 4) is 0 Å². The molecule has 0 aromatic carbocycles. The second kappa shape index (κ2) is 18.8. The molecular weight excluding hydrogens is 300 g/mol. The highest BCUT2D eigenvalue weighted by atomic mass is 16.4. The second-order valence-corrected chi connectivity index (χ2v) is 7.32. The van der Waals surface area contributed by atoms with Gasteiger partial charge in [0.25, 0.3) is 0 Å². The molecule has 0 spiro atoms. The minimum Gasteiger partial charge on any atom is -0.481 e.